The highest BCUT2D eigenvalue weighted by Crippen LogP contribution is 2.34. The summed E-state index contributed by atoms with van der Waals surface area (Å²) < 4.78 is 22.6. The third-order valence-corrected chi connectivity index (χ3v) is 8.75. The Morgan fingerprint density at radius 3 is 2.26 bits per heavy atom. The van der Waals surface area contributed by atoms with Crippen LogP contribution in [0.5, 0.6) is 0 Å². The number of sulfone groups is 1. The van der Waals surface area contributed by atoms with Crippen LogP contribution in [0.2, 0.25) is 0 Å². The molecule has 0 aliphatic carbocycles. The van der Waals surface area contributed by atoms with Gasteiger partial charge in [-0.15, -0.1) is 22.7 Å². The standard InChI is InChI=1S/C17H22O3S3/c1-12-7-9-15(21-12)16-10-8-14(22-16)6-5-11-17(3,13(2)18)23(4,19)20/h7-10H,5-6,11H2,1-4H3. The van der Waals surface area contributed by atoms with Crippen LogP contribution in [0.3, 0.4) is 0 Å². The average molecular weight is 371 g/mol. The van der Waals surface area contributed by atoms with Crippen LogP contribution < -0.4 is 0 Å². The summed E-state index contributed by atoms with van der Waals surface area (Å²) >= 11 is 3.52. The van der Waals surface area contributed by atoms with Gasteiger partial charge in [-0.2, -0.15) is 0 Å². The quantitative estimate of drug-likeness (QED) is 0.721. The summed E-state index contributed by atoms with van der Waals surface area (Å²) in [5.41, 5.74) is 0. The monoisotopic (exact) mass is 370 g/mol. The first-order chi connectivity index (χ1) is 10.6. The minimum atomic E-state index is -3.40. The van der Waals surface area contributed by atoms with Gasteiger partial charge in [-0.1, -0.05) is 0 Å². The van der Waals surface area contributed by atoms with Crippen LogP contribution in [-0.2, 0) is 21.1 Å². The zero-order chi connectivity index (χ0) is 17.3. The Bertz CT molecular complexity index is 799. The second kappa shape index (κ2) is 6.87. The molecule has 0 aliphatic heterocycles. The Labute approximate surface area is 146 Å². The molecule has 0 N–H and O–H groups in total. The lowest BCUT2D eigenvalue weighted by molar-refractivity contribution is -0.119. The number of carbonyl (C=O) groups is 1. The molecule has 0 aromatic carbocycles. The molecular weight excluding hydrogens is 348 g/mol. The summed E-state index contributed by atoms with van der Waals surface area (Å²) in [6.07, 6.45) is 3.00. The Morgan fingerprint density at radius 1 is 1.13 bits per heavy atom. The van der Waals surface area contributed by atoms with Gasteiger partial charge in [-0.25, -0.2) is 8.42 Å². The Morgan fingerprint density at radius 2 is 1.74 bits per heavy atom. The Hall–Kier alpha value is -0.980. The SMILES string of the molecule is CC(=O)C(C)(CCCc1ccc(-c2ccc(C)s2)s1)S(C)(=O)=O. The van der Waals surface area contributed by atoms with Gasteiger partial charge in [-0.05, 0) is 64.3 Å². The fourth-order valence-electron chi connectivity index (χ4n) is 2.43. The molecule has 1 unspecified atom stereocenters. The first-order valence-electron chi connectivity index (χ1n) is 7.49. The summed E-state index contributed by atoms with van der Waals surface area (Å²) in [4.78, 5) is 16.8. The summed E-state index contributed by atoms with van der Waals surface area (Å²) in [5.74, 6) is -0.277. The molecule has 0 spiro atoms. The van der Waals surface area contributed by atoms with E-state index in [0.717, 1.165) is 12.7 Å². The number of hydrogen-bond acceptors (Lipinski definition) is 5. The third kappa shape index (κ3) is 4.11. The lowest BCUT2D eigenvalue weighted by Gasteiger charge is -2.24. The molecule has 0 saturated heterocycles. The second-order valence-corrected chi connectivity index (χ2v) is 11.0. The number of Topliss-reactive ketones (excluding diaryl/α,β-unsaturated/α-hetero) is 1. The average Bonchev–Trinajstić information content (AvgIpc) is 3.05. The van der Waals surface area contributed by atoms with Crippen LogP contribution in [0.1, 0.15) is 36.4 Å². The number of hydrogen-bond donors (Lipinski definition) is 0. The van der Waals surface area contributed by atoms with Gasteiger partial charge < -0.3 is 0 Å². The van der Waals surface area contributed by atoms with Crippen LogP contribution in [0.25, 0.3) is 9.75 Å². The van der Waals surface area contributed by atoms with Gasteiger partial charge in [0.05, 0.1) is 0 Å². The van der Waals surface area contributed by atoms with Gasteiger partial charge in [0.1, 0.15) is 4.75 Å². The van der Waals surface area contributed by atoms with Crippen molar-refractivity contribution in [2.45, 2.75) is 44.8 Å². The predicted molar refractivity (Wildman–Crippen MR) is 99.2 cm³/mol. The van der Waals surface area contributed by atoms with Gasteiger partial charge in [0, 0.05) is 25.8 Å². The van der Waals surface area contributed by atoms with Crippen molar-refractivity contribution in [3.63, 3.8) is 0 Å². The number of ketones is 1. The molecule has 0 aliphatic rings. The molecule has 0 bridgehead atoms. The van der Waals surface area contributed by atoms with E-state index < -0.39 is 14.6 Å². The molecule has 23 heavy (non-hydrogen) atoms. The first-order valence-corrected chi connectivity index (χ1v) is 11.0. The van der Waals surface area contributed by atoms with E-state index >= 15 is 0 Å². The van der Waals surface area contributed by atoms with E-state index in [1.165, 1.54) is 26.4 Å². The van der Waals surface area contributed by atoms with E-state index in [1.54, 1.807) is 29.6 Å². The van der Waals surface area contributed by atoms with Crippen molar-refractivity contribution in [2.24, 2.45) is 0 Å². The highest BCUT2D eigenvalue weighted by molar-refractivity contribution is 7.92. The van der Waals surface area contributed by atoms with Gasteiger partial charge in [0.15, 0.2) is 15.6 Å². The first kappa shape index (κ1) is 18.4. The highest BCUT2D eigenvalue weighted by atomic mass is 32.2. The fourth-order valence-corrected chi connectivity index (χ4v) is 5.48. The lowest BCUT2D eigenvalue weighted by Crippen LogP contribution is -2.41. The van der Waals surface area contributed by atoms with E-state index in [-0.39, 0.29) is 5.78 Å². The summed E-state index contributed by atoms with van der Waals surface area (Å²) in [5, 5.41) is 0. The molecule has 126 valence electrons. The number of aryl methyl sites for hydroxylation is 2. The van der Waals surface area contributed by atoms with Crippen LogP contribution >= 0.6 is 22.7 Å². The smallest absolute Gasteiger partial charge is 0.159 e. The maximum Gasteiger partial charge on any atom is 0.159 e. The van der Waals surface area contributed by atoms with Crippen molar-refractivity contribution >= 4 is 38.3 Å². The molecule has 6 heteroatoms. The van der Waals surface area contributed by atoms with Crippen molar-refractivity contribution < 1.29 is 13.2 Å². The number of thiophene rings is 2. The zero-order valence-electron chi connectivity index (χ0n) is 13.9. The van der Waals surface area contributed by atoms with Crippen LogP contribution in [0.15, 0.2) is 24.3 Å². The molecule has 2 aromatic heterocycles. The molecule has 3 nitrogen and oxygen atoms in total. The van der Waals surface area contributed by atoms with E-state index in [9.17, 15) is 13.2 Å². The molecule has 1 atom stereocenters. The molecular formula is C17H22O3S3. The van der Waals surface area contributed by atoms with Crippen molar-refractivity contribution in [1.82, 2.24) is 0 Å². The van der Waals surface area contributed by atoms with Crippen molar-refractivity contribution in [2.75, 3.05) is 6.26 Å². The minimum absolute atomic E-state index is 0.277. The molecule has 2 aromatic rings. The zero-order valence-corrected chi connectivity index (χ0v) is 16.3. The normalized spacial score (nSPS) is 14.6. The van der Waals surface area contributed by atoms with Gasteiger partial charge in [-0.3, -0.25) is 4.79 Å². The molecule has 0 saturated carbocycles. The van der Waals surface area contributed by atoms with E-state index in [2.05, 4.69) is 31.2 Å². The minimum Gasteiger partial charge on any atom is -0.298 e. The Kier molecular flexibility index (Phi) is 5.48. The largest absolute Gasteiger partial charge is 0.298 e. The summed E-state index contributed by atoms with van der Waals surface area (Å²) in [7, 11) is -3.40. The molecule has 0 amide bonds. The third-order valence-electron chi connectivity index (χ3n) is 4.28. The lowest BCUT2D eigenvalue weighted by atomic mass is 9.99. The second-order valence-electron chi connectivity index (χ2n) is 6.09. The Balaban J connectivity index is 2.02. The maximum atomic E-state index is 11.9. The van der Waals surface area contributed by atoms with Crippen LogP contribution in [-0.4, -0.2) is 25.2 Å². The molecule has 2 rings (SSSR count). The maximum absolute atomic E-state index is 11.9. The highest BCUT2D eigenvalue weighted by Gasteiger charge is 2.39. The molecule has 2 heterocycles. The van der Waals surface area contributed by atoms with Gasteiger partial charge >= 0.3 is 0 Å². The van der Waals surface area contributed by atoms with E-state index in [4.69, 9.17) is 0 Å². The van der Waals surface area contributed by atoms with Crippen LogP contribution in [0.4, 0.5) is 0 Å². The predicted octanol–water partition coefficient (Wildman–Crippen LogP) is 4.50. The fraction of sp³-hybridized carbons (Fsp3) is 0.471. The summed E-state index contributed by atoms with van der Waals surface area (Å²) in [6.45, 7) is 5.00. The number of rotatable bonds is 7. The van der Waals surface area contributed by atoms with Crippen molar-refractivity contribution in [3.05, 3.63) is 34.0 Å². The molecule has 0 fully saturated rings. The van der Waals surface area contributed by atoms with Crippen molar-refractivity contribution in [1.29, 1.82) is 0 Å². The number of carbonyl (C=O) groups excluding carboxylic acids is 1. The summed E-state index contributed by atoms with van der Waals surface area (Å²) in [6, 6.07) is 8.46. The van der Waals surface area contributed by atoms with Gasteiger partial charge in [0.2, 0.25) is 0 Å². The van der Waals surface area contributed by atoms with E-state index in [0.29, 0.717) is 12.8 Å². The van der Waals surface area contributed by atoms with Crippen molar-refractivity contribution in [3.8, 4) is 9.75 Å². The van der Waals surface area contributed by atoms with E-state index in [1.807, 2.05) is 0 Å². The van der Waals surface area contributed by atoms with Crippen LogP contribution in [0, 0.1) is 6.92 Å². The topological polar surface area (TPSA) is 51.2 Å². The molecule has 0 radical (unpaired) electrons. The van der Waals surface area contributed by atoms with Gasteiger partial charge in [0.25, 0.3) is 0 Å².